The highest BCUT2D eigenvalue weighted by Crippen LogP contribution is 2.28. The molecule has 88 valence electrons. The van der Waals surface area contributed by atoms with Crippen LogP contribution in [-0.4, -0.2) is 24.4 Å². The van der Waals surface area contributed by atoms with Crippen LogP contribution in [0.2, 0.25) is 0 Å². The van der Waals surface area contributed by atoms with Crippen molar-refractivity contribution in [1.29, 1.82) is 0 Å². The van der Waals surface area contributed by atoms with E-state index >= 15 is 0 Å². The quantitative estimate of drug-likeness (QED) is 0.857. The summed E-state index contributed by atoms with van der Waals surface area (Å²) in [7, 11) is 0. The molecule has 1 heterocycles. The molecule has 1 fully saturated rings. The number of benzene rings is 1. The van der Waals surface area contributed by atoms with E-state index in [4.69, 9.17) is 9.47 Å². The number of aliphatic hydroxyl groups excluding tert-OH is 1. The zero-order valence-corrected chi connectivity index (χ0v) is 9.15. The van der Waals surface area contributed by atoms with Crippen LogP contribution in [0.1, 0.15) is 25.0 Å². The fourth-order valence-electron chi connectivity index (χ4n) is 1.74. The van der Waals surface area contributed by atoms with Gasteiger partial charge in [-0.05, 0) is 19.1 Å². The third kappa shape index (κ3) is 2.51. The molecular weight excluding hydrogens is 211 g/mol. The summed E-state index contributed by atoms with van der Waals surface area (Å²) < 4.78 is 23.9. The standard InChI is InChI=1S/C12H15FO3/c1-8(14)11-3-2-9(13)6-12(11)16-10-4-5-15-7-10/h2-3,6,8,10,14H,4-5,7H2,1H3/t8-,10?/m1/s1. The fourth-order valence-corrected chi connectivity index (χ4v) is 1.74. The van der Waals surface area contributed by atoms with Crippen molar-refractivity contribution in [2.45, 2.75) is 25.6 Å². The molecule has 3 nitrogen and oxygen atoms in total. The molecular formula is C12H15FO3. The third-order valence-electron chi connectivity index (χ3n) is 2.61. The van der Waals surface area contributed by atoms with Crippen molar-refractivity contribution in [1.82, 2.24) is 0 Å². The summed E-state index contributed by atoms with van der Waals surface area (Å²) in [5, 5.41) is 9.54. The second-order valence-electron chi connectivity index (χ2n) is 3.96. The number of ether oxygens (including phenoxy) is 2. The van der Waals surface area contributed by atoms with Gasteiger partial charge in [-0.3, -0.25) is 0 Å². The first-order chi connectivity index (χ1) is 7.66. The molecule has 16 heavy (non-hydrogen) atoms. The molecule has 4 heteroatoms. The molecule has 1 aliphatic heterocycles. The number of hydrogen-bond donors (Lipinski definition) is 1. The maximum absolute atomic E-state index is 13.1. The number of aliphatic hydroxyl groups is 1. The maximum Gasteiger partial charge on any atom is 0.128 e. The molecule has 0 amide bonds. The lowest BCUT2D eigenvalue weighted by Crippen LogP contribution is -2.17. The first kappa shape index (κ1) is 11.4. The van der Waals surface area contributed by atoms with Crippen molar-refractivity contribution >= 4 is 0 Å². The van der Waals surface area contributed by atoms with E-state index in [1.165, 1.54) is 12.1 Å². The zero-order chi connectivity index (χ0) is 11.5. The van der Waals surface area contributed by atoms with Crippen LogP contribution in [0.5, 0.6) is 5.75 Å². The van der Waals surface area contributed by atoms with Gasteiger partial charge in [-0.15, -0.1) is 0 Å². The Balaban J connectivity index is 2.19. The molecule has 1 saturated heterocycles. The summed E-state index contributed by atoms with van der Waals surface area (Å²) >= 11 is 0. The lowest BCUT2D eigenvalue weighted by atomic mass is 10.1. The molecule has 1 aliphatic rings. The molecule has 1 aromatic carbocycles. The van der Waals surface area contributed by atoms with Gasteiger partial charge in [-0.2, -0.15) is 0 Å². The second kappa shape index (κ2) is 4.80. The van der Waals surface area contributed by atoms with E-state index in [1.807, 2.05) is 0 Å². The third-order valence-corrected chi connectivity index (χ3v) is 2.61. The van der Waals surface area contributed by atoms with E-state index in [0.717, 1.165) is 6.42 Å². The van der Waals surface area contributed by atoms with Crippen LogP contribution in [0.3, 0.4) is 0 Å². The van der Waals surface area contributed by atoms with E-state index in [1.54, 1.807) is 13.0 Å². The smallest absolute Gasteiger partial charge is 0.128 e. The first-order valence-corrected chi connectivity index (χ1v) is 5.38. The molecule has 0 bridgehead atoms. The van der Waals surface area contributed by atoms with E-state index in [2.05, 4.69) is 0 Å². The van der Waals surface area contributed by atoms with Crippen molar-refractivity contribution in [3.05, 3.63) is 29.6 Å². The van der Waals surface area contributed by atoms with Crippen molar-refractivity contribution in [3.8, 4) is 5.75 Å². The normalized spacial score (nSPS) is 22.1. The molecule has 0 saturated carbocycles. The Labute approximate surface area is 93.8 Å². The molecule has 2 rings (SSSR count). The van der Waals surface area contributed by atoms with Crippen LogP contribution < -0.4 is 4.74 Å². The zero-order valence-electron chi connectivity index (χ0n) is 9.15. The van der Waals surface area contributed by atoms with Gasteiger partial charge in [-0.25, -0.2) is 4.39 Å². The fraction of sp³-hybridized carbons (Fsp3) is 0.500. The van der Waals surface area contributed by atoms with E-state index in [-0.39, 0.29) is 11.9 Å². The number of rotatable bonds is 3. The van der Waals surface area contributed by atoms with Gasteiger partial charge in [0.05, 0.1) is 19.3 Å². The summed E-state index contributed by atoms with van der Waals surface area (Å²) in [5.41, 5.74) is 0.605. The lowest BCUT2D eigenvalue weighted by Gasteiger charge is -2.17. The Bertz CT molecular complexity index is 359. The van der Waals surface area contributed by atoms with Gasteiger partial charge in [0, 0.05) is 18.1 Å². The average molecular weight is 226 g/mol. The highest BCUT2D eigenvalue weighted by atomic mass is 19.1. The molecule has 0 radical (unpaired) electrons. The van der Waals surface area contributed by atoms with E-state index in [9.17, 15) is 9.50 Å². The van der Waals surface area contributed by atoms with Crippen molar-refractivity contribution in [2.24, 2.45) is 0 Å². The monoisotopic (exact) mass is 226 g/mol. The summed E-state index contributed by atoms with van der Waals surface area (Å²) in [5.74, 6) is 0.0452. The van der Waals surface area contributed by atoms with Crippen LogP contribution in [0.15, 0.2) is 18.2 Å². The van der Waals surface area contributed by atoms with E-state index < -0.39 is 6.10 Å². The van der Waals surface area contributed by atoms with Crippen LogP contribution in [0.4, 0.5) is 4.39 Å². The second-order valence-corrected chi connectivity index (χ2v) is 3.96. The minimum absolute atomic E-state index is 0.0423. The van der Waals surface area contributed by atoms with Gasteiger partial charge >= 0.3 is 0 Å². The lowest BCUT2D eigenvalue weighted by molar-refractivity contribution is 0.135. The number of hydrogen-bond acceptors (Lipinski definition) is 3. The molecule has 0 aliphatic carbocycles. The van der Waals surface area contributed by atoms with Gasteiger partial charge in [-0.1, -0.05) is 0 Å². The van der Waals surface area contributed by atoms with Crippen molar-refractivity contribution in [2.75, 3.05) is 13.2 Å². The molecule has 1 N–H and O–H groups in total. The van der Waals surface area contributed by atoms with E-state index in [0.29, 0.717) is 24.5 Å². The SMILES string of the molecule is C[C@@H](O)c1ccc(F)cc1OC1CCOC1. The largest absolute Gasteiger partial charge is 0.487 e. The Morgan fingerprint density at radius 2 is 2.38 bits per heavy atom. The predicted octanol–water partition coefficient (Wildman–Crippen LogP) is 2.05. The van der Waals surface area contributed by atoms with Gasteiger partial charge in [0.2, 0.25) is 0 Å². The summed E-state index contributed by atoms with van der Waals surface area (Å²) in [4.78, 5) is 0. The predicted molar refractivity (Wildman–Crippen MR) is 56.9 cm³/mol. The van der Waals surface area contributed by atoms with Gasteiger partial charge in [0.25, 0.3) is 0 Å². The molecule has 1 aromatic rings. The van der Waals surface area contributed by atoms with Crippen LogP contribution in [-0.2, 0) is 4.74 Å². The average Bonchev–Trinajstić information content (AvgIpc) is 2.70. The van der Waals surface area contributed by atoms with Crippen LogP contribution in [0.25, 0.3) is 0 Å². The first-order valence-electron chi connectivity index (χ1n) is 5.38. The maximum atomic E-state index is 13.1. The summed E-state index contributed by atoms with van der Waals surface area (Å²) in [6.07, 6.45) is 0.0904. The summed E-state index contributed by atoms with van der Waals surface area (Å²) in [6.45, 7) is 2.82. The topological polar surface area (TPSA) is 38.7 Å². The highest BCUT2D eigenvalue weighted by Gasteiger charge is 2.20. The molecule has 0 spiro atoms. The Morgan fingerprint density at radius 1 is 1.56 bits per heavy atom. The molecule has 2 atom stereocenters. The minimum atomic E-state index is -0.669. The van der Waals surface area contributed by atoms with Crippen LogP contribution in [0, 0.1) is 5.82 Å². The molecule has 1 unspecified atom stereocenters. The number of halogens is 1. The summed E-state index contributed by atoms with van der Waals surface area (Å²) in [6, 6.07) is 4.17. The highest BCUT2D eigenvalue weighted by molar-refractivity contribution is 5.35. The minimum Gasteiger partial charge on any atom is -0.487 e. The van der Waals surface area contributed by atoms with Gasteiger partial charge in [0.1, 0.15) is 17.7 Å². The van der Waals surface area contributed by atoms with Crippen molar-refractivity contribution in [3.63, 3.8) is 0 Å². The Kier molecular flexibility index (Phi) is 3.41. The van der Waals surface area contributed by atoms with Gasteiger partial charge in [0.15, 0.2) is 0 Å². The van der Waals surface area contributed by atoms with Crippen LogP contribution >= 0.6 is 0 Å². The Morgan fingerprint density at radius 3 is 3.00 bits per heavy atom. The Hall–Kier alpha value is -1.13. The van der Waals surface area contributed by atoms with Crippen molar-refractivity contribution < 1.29 is 19.0 Å². The molecule has 0 aromatic heterocycles. The van der Waals surface area contributed by atoms with Gasteiger partial charge < -0.3 is 14.6 Å².